The molecule has 1 aromatic rings. The van der Waals surface area contributed by atoms with Gasteiger partial charge in [-0.25, -0.2) is 0 Å². The molecule has 0 saturated carbocycles. The summed E-state index contributed by atoms with van der Waals surface area (Å²) >= 11 is 3.35. The molecule has 1 heterocycles. The SMILES string of the molecule is CCOC1CCCN(Cc2ccc(O)c(Br)c2)C1. The quantitative estimate of drug-likeness (QED) is 0.927. The lowest BCUT2D eigenvalue weighted by Gasteiger charge is -2.32. The van der Waals surface area contributed by atoms with E-state index in [1.54, 1.807) is 6.07 Å². The van der Waals surface area contributed by atoms with Gasteiger partial charge in [0, 0.05) is 19.7 Å². The maximum atomic E-state index is 9.48. The van der Waals surface area contributed by atoms with Crippen molar-refractivity contribution in [1.82, 2.24) is 4.90 Å². The number of aromatic hydroxyl groups is 1. The summed E-state index contributed by atoms with van der Waals surface area (Å²) in [6.07, 6.45) is 2.75. The van der Waals surface area contributed by atoms with Crippen molar-refractivity contribution in [3.8, 4) is 5.75 Å². The second-order valence-corrected chi connectivity index (χ2v) is 5.59. The van der Waals surface area contributed by atoms with Crippen molar-refractivity contribution in [1.29, 1.82) is 0 Å². The number of phenolic OH excluding ortho intramolecular Hbond substituents is 1. The van der Waals surface area contributed by atoms with Gasteiger partial charge in [0.2, 0.25) is 0 Å². The fourth-order valence-electron chi connectivity index (χ4n) is 2.44. The van der Waals surface area contributed by atoms with Crippen LogP contribution in [-0.4, -0.2) is 35.8 Å². The number of hydrogen-bond donors (Lipinski definition) is 1. The smallest absolute Gasteiger partial charge is 0.129 e. The molecule has 1 N–H and O–H groups in total. The summed E-state index contributed by atoms with van der Waals surface area (Å²) in [6.45, 7) is 5.90. The highest BCUT2D eigenvalue weighted by atomic mass is 79.9. The third kappa shape index (κ3) is 3.70. The predicted molar refractivity (Wildman–Crippen MR) is 75.7 cm³/mol. The lowest BCUT2D eigenvalue weighted by molar-refractivity contribution is 0.00362. The maximum absolute atomic E-state index is 9.48. The van der Waals surface area contributed by atoms with Crippen molar-refractivity contribution in [3.05, 3.63) is 28.2 Å². The van der Waals surface area contributed by atoms with Crippen LogP contribution in [0.1, 0.15) is 25.3 Å². The van der Waals surface area contributed by atoms with Gasteiger partial charge in [-0.2, -0.15) is 0 Å². The average molecular weight is 314 g/mol. The molecule has 0 bridgehead atoms. The maximum Gasteiger partial charge on any atom is 0.129 e. The zero-order chi connectivity index (χ0) is 13.0. The first-order valence-electron chi connectivity index (χ1n) is 6.50. The van der Waals surface area contributed by atoms with Crippen LogP contribution in [0.3, 0.4) is 0 Å². The Kier molecular flexibility index (Phi) is 5.03. The number of rotatable bonds is 4. The average Bonchev–Trinajstić information content (AvgIpc) is 2.35. The van der Waals surface area contributed by atoms with Crippen LogP contribution >= 0.6 is 15.9 Å². The van der Waals surface area contributed by atoms with Crippen molar-refractivity contribution in [3.63, 3.8) is 0 Å². The minimum atomic E-state index is 0.296. The van der Waals surface area contributed by atoms with E-state index in [4.69, 9.17) is 4.74 Å². The van der Waals surface area contributed by atoms with Crippen LogP contribution < -0.4 is 0 Å². The molecule has 0 spiro atoms. The normalized spacial score (nSPS) is 21.1. The molecule has 1 unspecified atom stereocenters. The Hall–Kier alpha value is -0.580. The molecule has 1 aliphatic rings. The molecule has 0 radical (unpaired) electrons. The Morgan fingerprint density at radius 2 is 2.33 bits per heavy atom. The predicted octanol–water partition coefficient (Wildman–Crippen LogP) is 3.16. The van der Waals surface area contributed by atoms with Gasteiger partial charge >= 0.3 is 0 Å². The first-order chi connectivity index (χ1) is 8.69. The van der Waals surface area contributed by atoms with E-state index in [9.17, 15) is 5.11 Å². The largest absolute Gasteiger partial charge is 0.507 e. The van der Waals surface area contributed by atoms with Gasteiger partial charge in [-0.15, -0.1) is 0 Å². The molecule has 1 saturated heterocycles. The number of ether oxygens (including phenoxy) is 1. The van der Waals surface area contributed by atoms with Crippen LogP contribution in [0.2, 0.25) is 0 Å². The van der Waals surface area contributed by atoms with E-state index in [-0.39, 0.29) is 0 Å². The van der Waals surface area contributed by atoms with E-state index >= 15 is 0 Å². The minimum absolute atomic E-state index is 0.296. The Balaban J connectivity index is 1.93. The summed E-state index contributed by atoms with van der Waals surface area (Å²) in [6, 6.07) is 5.70. The summed E-state index contributed by atoms with van der Waals surface area (Å²) in [5, 5.41) is 9.48. The second kappa shape index (κ2) is 6.55. The summed E-state index contributed by atoms with van der Waals surface area (Å²) in [7, 11) is 0. The van der Waals surface area contributed by atoms with Gasteiger partial charge in [0.05, 0.1) is 10.6 Å². The molecule has 1 fully saturated rings. The van der Waals surface area contributed by atoms with Gasteiger partial charge < -0.3 is 9.84 Å². The Morgan fingerprint density at radius 3 is 3.06 bits per heavy atom. The zero-order valence-electron chi connectivity index (χ0n) is 10.7. The van der Waals surface area contributed by atoms with Crippen LogP contribution in [0, 0.1) is 0 Å². The lowest BCUT2D eigenvalue weighted by atomic mass is 10.1. The van der Waals surface area contributed by atoms with Crippen LogP contribution in [0.25, 0.3) is 0 Å². The molecular weight excluding hydrogens is 294 g/mol. The van der Waals surface area contributed by atoms with E-state index in [1.807, 2.05) is 12.1 Å². The molecule has 0 aromatic heterocycles. The van der Waals surface area contributed by atoms with E-state index in [1.165, 1.54) is 18.4 Å². The Morgan fingerprint density at radius 1 is 1.50 bits per heavy atom. The number of benzene rings is 1. The standard InChI is InChI=1S/C14H20BrNO2/c1-2-18-12-4-3-7-16(10-12)9-11-5-6-14(17)13(15)8-11/h5-6,8,12,17H,2-4,7,9-10H2,1H3. The molecule has 18 heavy (non-hydrogen) atoms. The molecular formula is C14H20BrNO2. The summed E-state index contributed by atoms with van der Waals surface area (Å²) in [5.41, 5.74) is 1.22. The second-order valence-electron chi connectivity index (χ2n) is 4.74. The third-order valence-electron chi connectivity index (χ3n) is 3.28. The number of likely N-dealkylation sites (tertiary alicyclic amines) is 1. The number of halogens is 1. The van der Waals surface area contributed by atoms with Gasteiger partial charge in [-0.3, -0.25) is 4.90 Å². The zero-order valence-corrected chi connectivity index (χ0v) is 12.3. The van der Waals surface area contributed by atoms with Crippen LogP contribution in [0.5, 0.6) is 5.75 Å². The van der Waals surface area contributed by atoms with E-state index < -0.39 is 0 Å². The summed E-state index contributed by atoms with van der Waals surface area (Å²) in [4.78, 5) is 2.42. The Bertz CT molecular complexity index is 395. The number of phenols is 1. The molecule has 0 amide bonds. The van der Waals surface area contributed by atoms with Crippen LogP contribution in [0.15, 0.2) is 22.7 Å². The molecule has 1 atom stereocenters. The van der Waals surface area contributed by atoms with E-state index in [2.05, 4.69) is 27.8 Å². The van der Waals surface area contributed by atoms with Crippen molar-refractivity contribution < 1.29 is 9.84 Å². The molecule has 1 aromatic carbocycles. The fourth-order valence-corrected chi connectivity index (χ4v) is 2.86. The van der Waals surface area contributed by atoms with Crippen molar-refractivity contribution >= 4 is 15.9 Å². The van der Waals surface area contributed by atoms with Crippen molar-refractivity contribution in [2.24, 2.45) is 0 Å². The Labute approximate surface area is 117 Å². The molecule has 2 rings (SSSR count). The van der Waals surface area contributed by atoms with Gasteiger partial charge in [0.25, 0.3) is 0 Å². The number of nitrogens with zero attached hydrogens (tertiary/aromatic N) is 1. The highest BCUT2D eigenvalue weighted by molar-refractivity contribution is 9.10. The first-order valence-corrected chi connectivity index (χ1v) is 7.29. The summed E-state index contributed by atoms with van der Waals surface area (Å²) < 4.78 is 6.47. The van der Waals surface area contributed by atoms with Crippen molar-refractivity contribution in [2.45, 2.75) is 32.4 Å². The first kappa shape index (κ1) is 13.8. The van der Waals surface area contributed by atoms with Gasteiger partial charge in [0.1, 0.15) is 5.75 Å². The topological polar surface area (TPSA) is 32.7 Å². The molecule has 4 heteroatoms. The molecule has 0 aliphatic carbocycles. The minimum Gasteiger partial charge on any atom is -0.507 e. The van der Waals surface area contributed by atoms with E-state index in [0.717, 1.165) is 30.7 Å². The van der Waals surface area contributed by atoms with Gasteiger partial charge in [-0.05, 0) is 59.9 Å². The van der Waals surface area contributed by atoms with Crippen LogP contribution in [-0.2, 0) is 11.3 Å². The summed E-state index contributed by atoms with van der Waals surface area (Å²) in [5.74, 6) is 0.296. The fraction of sp³-hybridized carbons (Fsp3) is 0.571. The highest BCUT2D eigenvalue weighted by Crippen LogP contribution is 2.25. The molecule has 1 aliphatic heterocycles. The number of hydrogen-bond acceptors (Lipinski definition) is 3. The molecule has 100 valence electrons. The third-order valence-corrected chi connectivity index (χ3v) is 3.92. The van der Waals surface area contributed by atoms with E-state index in [0.29, 0.717) is 11.9 Å². The van der Waals surface area contributed by atoms with Gasteiger partial charge in [-0.1, -0.05) is 6.07 Å². The van der Waals surface area contributed by atoms with Crippen molar-refractivity contribution in [2.75, 3.05) is 19.7 Å². The van der Waals surface area contributed by atoms with Gasteiger partial charge in [0.15, 0.2) is 0 Å². The lowest BCUT2D eigenvalue weighted by Crippen LogP contribution is -2.39. The highest BCUT2D eigenvalue weighted by Gasteiger charge is 2.20. The monoisotopic (exact) mass is 313 g/mol. The number of piperidine rings is 1. The molecule has 3 nitrogen and oxygen atoms in total. The van der Waals surface area contributed by atoms with Crippen LogP contribution in [0.4, 0.5) is 0 Å².